The van der Waals surface area contributed by atoms with Crippen LogP contribution >= 0.6 is 0 Å². The van der Waals surface area contributed by atoms with E-state index in [1.807, 2.05) is 0 Å². The first-order valence-corrected chi connectivity index (χ1v) is 8.27. The number of ether oxygens (including phenoxy) is 1. The van der Waals surface area contributed by atoms with Gasteiger partial charge in [-0.2, -0.15) is 9.40 Å². The Hall–Kier alpha value is -0.960. The molecular formula is C12H22N4O3S. The van der Waals surface area contributed by atoms with Crippen LogP contribution in [0.25, 0.3) is 0 Å². The number of sulfonamides is 1. The lowest BCUT2D eigenvalue weighted by Crippen LogP contribution is -2.42. The molecule has 0 radical (unpaired) electrons. The highest BCUT2D eigenvalue weighted by Gasteiger charge is 2.31. The average Bonchev–Trinajstić information content (AvgIpc) is 2.94. The molecule has 1 aromatic rings. The van der Waals surface area contributed by atoms with Crippen LogP contribution in [0.15, 0.2) is 17.3 Å². The summed E-state index contributed by atoms with van der Waals surface area (Å²) in [6.07, 6.45) is 5.45. The second kappa shape index (κ2) is 6.66. The third-order valence-electron chi connectivity index (χ3n) is 3.51. The summed E-state index contributed by atoms with van der Waals surface area (Å²) in [6, 6.07) is 0. The van der Waals surface area contributed by atoms with Gasteiger partial charge in [-0.1, -0.05) is 0 Å². The van der Waals surface area contributed by atoms with Crippen molar-refractivity contribution in [1.29, 1.82) is 0 Å². The lowest BCUT2D eigenvalue weighted by atomic mass is 10.1. The van der Waals surface area contributed by atoms with E-state index in [1.54, 1.807) is 18.0 Å². The molecule has 2 rings (SSSR count). The Kier molecular flexibility index (Phi) is 5.14. The zero-order valence-corrected chi connectivity index (χ0v) is 12.6. The van der Waals surface area contributed by atoms with Crippen LogP contribution in [0.4, 0.5) is 0 Å². The van der Waals surface area contributed by atoms with Gasteiger partial charge in [0.2, 0.25) is 10.0 Å². The van der Waals surface area contributed by atoms with Crippen molar-refractivity contribution in [3.8, 4) is 0 Å². The predicted octanol–water partition coefficient (Wildman–Crippen LogP) is 0.0314. The van der Waals surface area contributed by atoms with Crippen LogP contribution in [0.1, 0.15) is 19.3 Å². The van der Waals surface area contributed by atoms with Crippen molar-refractivity contribution in [1.82, 2.24) is 14.1 Å². The molecule has 1 aromatic heterocycles. The largest absolute Gasteiger partial charge is 0.380 e. The van der Waals surface area contributed by atoms with Gasteiger partial charge in [-0.3, -0.25) is 4.68 Å². The van der Waals surface area contributed by atoms with E-state index in [2.05, 4.69) is 5.10 Å². The number of rotatable bonds is 6. The Bertz CT molecular complexity index is 529. The monoisotopic (exact) mass is 302 g/mol. The first-order valence-electron chi connectivity index (χ1n) is 6.83. The summed E-state index contributed by atoms with van der Waals surface area (Å²) in [5.74, 6) is 0. The van der Waals surface area contributed by atoms with Gasteiger partial charge in [0.25, 0.3) is 0 Å². The first-order chi connectivity index (χ1) is 9.57. The highest BCUT2D eigenvalue weighted by atomic mass is 32.2. The number of aryl methyl sites for hydroxylation is 1. The molecule has 2 N–H and O–H groups in total. The van der Waals surface area contributed by atoms with Gasteiger partial charge >= 0.3 is 0 Å². The minimum Gasteiger partial charge on any atom is -0.380 e. The summed E-state index contributed by atoms with van der Waals surface area (Å²) in [5.41, 5.74) is 5.43. The van der Waals surface area contributed by atoms with E-state index in [1.165, 1.54) is 10.5 Å². The average molecular weight is 302 g/mol. The van der Waals surface area contributed by atoms with Gasteiger partial charge in [-0.05, 0) is 25.8 Å². The molecule has 1 aliphatic heterocycles. The molecule has 0 saturated carbocycles. The van der Waals surface area contributed by atoms with Gasteiger partial charge in [-0.15, -0.1) is 0 Å². The fraction of sp³-hybridized carbons (Fsp3) is 0.750. The molecule has 20 heavy (non-hydrogen) atoms. The Labute approximate surface area is 119 Å². The molecule has 2 heterocycles. The molecule has 1 saturated heterocycles. The SMILES string of the molecule is COC1CCCN(S(=O)(=O)c2cnn(CCCN)c2)C1. The van der Waals surface area contributed by atoms with Gasteiger partial charge in [0, 0.05) is 32.9 Å². The van der Waals surface area contributed by atoms with Crippen molar-refractivity contribution in [3.63, 3.8) is 0 Å². The molecule has 0 aromatic carbocycles. The molecule has 1 aliphatic rings. The van der Waals surface area contributed by atoms with E-state index < -0.39 is 10.0 Å². The Morgan fingerprint density at radius 1 is 1.55 bits per heavy atom. The number of hydrogen-bond donors (Lipinski definition) is 1. The minimum absolute atomic E-state index is 0.0224. The fourth-order valence-electron chi connectivity index (χ4n) is 2.32. The Morgan fingerprint density at radius 2 is 2.35 bits per heavy atom. The zero-order chi connectivity index (χ0) is 14.6. The third kappa shape index (κ3) is 3.38. The Morgan fingerprint density at radius 3 is 3.05 bits per heavy atom. The van der Waals surface area contributed by atoms with Crippen LogP contribution in [0.2, 0.25) is 0 Å². The van der Waals surface area contributed by atoms with E-state index in [0.717, 1.165) is 19.3 Å². The van der Waals surface area contributed by atoms with Crippen molar-refractivity contribution in [2.24, 2.45) is 5.73 Å². The van der Waals surface area contributed by atoms with Crippen LogP contribution in [-0.2, 0) is 21.3 Å². The number of methoxy groups -OCH3 is 1. The molecule has 7 nitrogen and oxygen atoms in total. The summed E-state index contributed by atoms with van der Waals surface area (Å²) in [5, 5.41) is 4.08. The third-order valence-corrected chi connectivity index (χ3v) is 5.33. The smallest absolute Gasteiger partial charge is 0.246 e. The highest BCUT2D eigenvalue weighted by Crippen LogP contribution is 2.21. The first kappa shape index (κ1) is 15.4. The second-order valence-corrected chi connectivity index (χ2v) is 6.88. The summed E-state index contributed by atoms with van der Waals surface area (Å²) in [4.78, 5) is 0.242. The quantitative estimate of drug-likeness (QED) is 0.800. The van der Waals surface area contributed by atoms with E-state index in [4.69, 9.17) is 10.5 Å². The number of nitrogens with two attached hydrogens (primary N) is 1. The summed E-state index contributed by atoms with van der Waals surface area (Å²) in [7, 11) is -1.85. The lowest BCUT2D eigenvalue weighted by Gasteiger charge is -2.30. The number of aromatic nitrogens is 2. The van der Waals surface area contributed by atoms with Crippen LogP contribution < -0.4 is 5.73 Å². The van der Waals surface area contributed by atoms with E-state index >= 15 is 0 Å². The van der Waals surface area contributed by atoms with Crippen molar-refractivity contribution in [2.75, 3.05) is 26.7 Å². The standard InChI is InChI=1S/C12H22N4O3S/c1-19-11-4-2-7-16(9-11)20(17,18)12-8-14-15(10-12)6-3-5-13/h8,10-11H,2-7,9,13H2,1H3. The van der Waals surface area contributed by atoms with Crippen LogP contribution in [-0.4, -0.2) is 55.4 Å². The van der Waals surface area contributed by atoms with Crippen molar-refractivity contribution < 1.29 is 13.2 Å². The maximum Gasteiger partial charge on any atom is 0.246 e. The van der Waals surface area contributed by atoms with Gasteiger partial charge in [0.15, 0.2) is 0 Å². The van der Waals surface area contributed by atoms with E-state index in [-0.39, 0.29) is 11.0 Å². The highest BCUT2D eigenvalue weighted by molar-refractivity contribution is 7.89. The maximum atomic E-state index is 12.5. The van der Waals surface area contributed by atoms with E-state index in [0.29, 0.717) is 26.2 Å². The number of nitrogens with zero attached hydrogens (tertiary/aromatic N) is 3. The van der Waals surface area contributed by atoms with Gasteiger partial charge in [0.1, 0.15) is 4.90 Å². The molecule has 1 atom stereocenters. The normalized spacial score (nSPS) is 21.2. The van der Waals surface area contributed by atoms with Gasteiger partial charge < -0.3 is 10.5 Å². The molecular weight excluding hydrogens is 280 g/mol. The van der Waals surface area contributed by atoms with Crippen molar-refractivity contribution >= 4 is 10.0 Å². The van der Waals surface area contributed by atoms with Crippen LogP contribution in [0.5, 0.6) is 0 Å². The molecule has 0 bridgehead atoms. The molecule has 114 valence electrons. The second-order valence-electron chi connectivity index (χ2n) is 4.94. The van der Waals surface area contributed by atoms with E-state index in [9.17, 15) is 8.42 Å². The minimum atomic E-state index is -3.47. The maximum absolute atomic E-state index is 12.5. The summed E-state index contributed by atoms with van der Waals surface area (Å²) >= 11 is 0. The topological polar surface area (TPSA) is 90.5 Å². The van der Waals surface area contributed by atoms with Crippen molar-refractivity contribution in [3.05, 3.63) is 12.4 Å². The number of piperidine rings is 1. The number of hydrogen-bond acceptors (Lipinski definition) is 5. The summed E-state index contributed by atoms with van der Waals surface area (Å²) in [6.45, 7) is 2.14. The molecule has 8 heteroatoms. The summed E-state index contributed by atoms with van der Waals surface area (Å²) < 4.78 is 33.4. The molecule has 1 fully saturated rings. The fourth-order valence-corrected chi connectivity index (χ4v) is 3.78. The molecule has 0 spiro atoms. The van der Waals surface area contributed by atoms with Crippen LogP contribution in [0.3, 0.4) is 0 Å². The molecule has 0 aliphatic carbocycles. The van der Waals surface area contributed by atoms with Gasteiger partial charge in [0.05, 0.1) is 12.3 Å². The Balaban J connectivity index is 2.11. The zero-order valence-electron chi connectivity index (χ0n) is 11.7. The van der Waals surface area contributed by atoms with Gasteiger partial charge in [-0.25, -0.2) is 8.42 Å². The predicted molar refractivity (Wildman–Crippen MR) is 74.7 cm³/mol. The lowest BCUT2D eigenvalue weighted by molar-refractivity contribution is 0.0572. The van der Waals surface area contributed by atoms with Crippen molar-refractivity contribution in [2.45, 2.75) is 36.8 Å². The van der Waals surface area contributed by atoms with Crippen LogP contribution in [0, 0.1) is 0 Å². The molecule has 1 unspecified atom stereocenters. The molecule has 0 amide bonds.